The topological polar surface area (TPSA) is 108 Å². The molecule has 2 aromatic rings. The summed E-state index contributed by atoms with van der Waals surface area (Å²) in [6, 6.07) is 8.82. The summed E-state index contributed by atoms with van der Waals surface area (Å²) in [6.07, 6.45) is 0.265. The average Bonchev–Trinajstić information content (AvgIpc) is 2.77. The molecule has 3 rings (SSSR count). The van der Waals surface area contributed by atoms with Gasteiger partial charge in [-0.2, -0.15) is 8.78 Å². The van der Waals surface area contributed by atoms with Crippen LogP contribution in [-0.2, 0) is 19.3 Å². The maximum absolute atomic E-state index is 13.1. The van der Waals surface area contributed by atoms with Gasteiger partial charge in [0.25, 0.3) is 0 Å². The average molecular weight is 485 g/mol. The predicted molar refractivity (Wildman–Crippen MR) is 123 cm³/mol. The summed E-state index contributed by atoms with van der Waals surface area (Å²) < 4.78 is 60.4. The highest BCUT2D eigenvalue weighted by molar-refractivity contribution is 7.91. The molecular formula is C22H30F2N4O4S. The maximum atomic E-state index is 13.1. The van der Waals surface area contributed by atoms with E-state index in [1.165, 1.54) is 0 Å². The van der Waals surface area contributed by atoms with Crippen molar-refractivity contribution in [3.63, 3.8) is 0 Å². The second kappa shape index (κ2) is 11.2. The number of aromatic nitrogens is 2. The standard InChI is InChI=1S/C22H30F2N4O4S/c1-3-19(33(29,30)12-4-10-32-22(23)24)18-13-20(28-9-11-31-14-15(28)2)27-21(26-18)16-5-7-17(25)8-6-16/h5-8,13,15,19,22H,3-4,9-12,14,25H2,1-2H3/t15-,19?/m0/s1. The van der Waals surface area contributed by atoms with E-state index in [2.05, 4.69) is 14.6 Å². The molecule has 182 valence electrons. The number of nitrogen functional groups attached to an aromatic ring is 1. The van der Waals surface area contributed by atoms with E-state index in [9.17, 15) is 17.2 Å². The van der Waals surface area contributed by atoms with Gasteiger partial charge in [-0.05, 0) is 44.0 Å². The number of sulfone groups is 1. The Balaban J connectivity index is 1.98. The number of benzene rings is 1. The Hall–Kier alpha value is -2.37. The van der Waals surface area contributed by atoms with Crippen molar-refractivity contribution >= 4 is 21.3 Å². The summed E-state index contributed by atoms with van der Waals surface area (Å²) in [6.45, 7) is 2.23. The van der Waals surface area contributed by atoms with Crippen LogP contribution in [0.25, 0.3) is 11.4 Å². The molecule has 11 heteroatoms. The molecule has 0 spiro atoms. The highest BCUT2D eigenvalue weighted by atomic mass is 32.2. The van der Waals surface area contributed by atoms with Crippen LogP contribution in [0.5, 0.6) is 0 Å². The minimum Gasteiger partial charge on any atom is -0.399 e. The van der Waals surface area contributed by atoms with E-state index < -0.39 is 21.7 Å². The molecule has 0 aliphatic carbocycles. The molecule has 0 amide bonds. The Bertz CT molecular complexity index is 1020. The molecule has 0 radical (unpaired) electrons. The molecule has 2 heterocycles. The maximum Gasteiger partial charge on any atom is 0.345 e. The molecule has 8 nitrogen and oxygen atoms in total. The van der Waals surface area contributed by atoms with E-state index in [1.807, 2.05) is 6.92 Å². The van der Waals surface area contributed by atoms with Crippen LogP contribution in [0.3, 0.4) is 0 Å². The Kier molecular flexibility index (Phi) is 8.55. The fourth-order valence-electron chi connectivity index (χ4n) is 3.82. The van der Waals surface area contributed by atoms with E-state index in [0.29, 0.717) is 48.3 Å². The number of hydrogen-bond donors (Lipinski definition) is 1. The fraction of sp³-hybridized carbons (Fsp3) is 0.545. The number of ether oxygens (including phenoxy) is 2. The van der Waals surface area contributed by atoms with Crippen molar-refractivity contribution in [1.82, 2.24) is 9.97 Å². The van der Waals surface area contributed by atoms with Gasteiger partial charge in [-0.1, -0.05) is 6.92 Å². The number of nitrogens with two attached hydrogens (primary N) is 1. The first-order chi connectivity index (χ1) is 15.7. The van der Waals surface area contributed by atoms with Crippen LogP contribution in [0.2, 0.25) is 0 Å². The van der Waals surface area contributed by atoms with Gasteiger partial charge in [0.05, 0.1) is 37.3 Å². The largest absolute Gasteiger partial charge is 0.399 e. The zero-order valence-electron chi connectivity index (χ0n) is 18.8. The number of anilines is 2. The van der Waals surface area contributed by atoms with Crippen LogP contribution < -0.4 is 10.6 Å². The van der Waals surface area contributed by atoms with Gasteiger partial charge in [0.1, 0.15) is 11.1 Å². The molecule has 1 aromatic carbocycles. The van der Waals surface area contributed by atoms with E-state index in [1.54, 1.807) is 37.3 Å². The summed E-state index contributed by atoms with van der Waals surface area (Å²) in [4.78, 5) is 11.4. The second-order valence-corrected chi connectivity index (χ2v) is 10.3. The molecule has 33 heavy (non-hydrogen) atoms. The van der Waals surface area contributed by atoms with Crippen LogP contribution >= 0.6 is 0 Å². The quantitative estimate of drug-likeness (QED) is 0.404. The summed E-state index contributed by atoms with van der Waals surface area (Å²) in [5.74, 6) is 0.746. The Morgan fingerprint density at radius 3 is 2.64 bits per heavy atom. The molecule has 1 aromatic heterocycles. The van der Waals surface area contributed by atoms with Gasteiger partial charge in [-0.15, -0.1) is 0 Å². The summed E-state index contributed by atoms with van der Waals surface area (Å²) in [7, 11) is -3.67. The number of halogens is 2. The fourth-order valence-corrected chi connectivity index (χ4v) is 5.62. The number of alkyl halides is 2. The number of morpholine rings is 1. The van der Waals surface area contributed by atoms with E-state index in [0.717, 1.165) is 0 Å². The van der Waals surface area contributed by atoms with Crippen LogP contribution in [0.15, 0.2) is 30.3 Å². The van der Waals surface area contributed by atoms with Crippen LogP contribution in [-0.4, -0.2) is 63.2 Å². The van der Waals surface area contributed by atoms with Crippen molar-refractivity contribution in [2.75, 3.05) is 42.8 Å². The smallest absolute Gasteiger partial charge is 0.345 e. The third-order valence-corrected chi connectivity index (χ3v) is 7.81. The van der Waals surface area contributed by atoms with Crippen LogP contribution in [0, 0.1) is 0 Å². The summed E-state index contributed by atoms with van der Waals surface area (Å²) in [5, 5.41) is -0.894. The minimum absolute atomic E-state index is 0.0214. The zero-order valence-corrected chi connectivity index (χ0v) is 19.6. The van der Waals surface area contributed by atoms with Crippen molar-refractivity contribution in [3.05, 3.63) is 36.0 Å². The molecule has 1 fully saturated rings. The van der Waals surface area contributed by atoms with Crippen molar-refractivity contribution in [2.24, 2.45) is 0 Å². The van der Waals surface area contributed by atoms with E-state index >= 15 is 0 Å². The summed E-state index contributed by atoms with van der Waals surface area (Å²) in [5.41, 5.74) is 7.49. The molecule has 1 aliphatic rings. The predicted octanol–water partition coefficient (Wildman–Crippen LogP) is 3.45. The van der Waals surface area contributed by atoms with Gasteiger partial charge in [0, 0.05) is 23.9 Å². The number of rotatable bonds is 10. The molecule has 2 N–H and O–H groups in total. The SMILES string of the molecule is CCC(c1cc(N2CCOC[C@@H]2C)nc(-c2ccc(N)cc2)n1)S(=O)(=O)CCCOC(F)F. The van der Waals surface area contributed by atoms with Crippen LogP contribution in [0.4, 0.5) is 20.3 Å². The van der Waals surface area contributed by atoms with Gasteiger partial charge in [0.2, 0.25) is 0 Å². The van der Waals surface area contributed by atoms with E-state index in [4.69, 9.17) is 15.5 Å². The zero-order chi connectivity index (χ0) is 24.0. The third-order valence-electron chi connectivity index (χ3n) is 5.51. The van der Waals surface area contributed by atoms with Crippen molar-refractivity contribution in [1.29, 1.82) is 0 Å². The minimum atomic E-state index is -3.67. The lowest BCUT2D eigenvalue weighted by atomic mass is 10.1. The highest BCUT2D eigenvalue weighted by Crippen LogP contribution is 2.31. The number of hydrogen-bond acceptors (Lipinski definition) is 8. The first-order valence-electron chi connectivity index (χ1n) is 10.9. The monoisotopic (exact) mass is 484 g/mol. The lowest BCUT2D eigenvalue weighted by Crippen LogP contribution is -2.44. The molecule has 0 bridgehead atoms. The third kappa shape index (κ3) is 6.58. The normalized spacial score (nSPS) is 18.0. The lowest BCUT2D eigenvalue weighted by molar-refractivity contribution is -0.128. The van der Waals surface area contributed by atoms with Gasteiger partial charge in [0.15, 0.2) is 15.7 Å². The van der Waals surface area contributed by atoms with Gasteiger partial charge in [-0.25, -0.2) is 18.4 Å². The van der Waals surface area contributed by atoms with Gasteiger partial charge in [-0.3, -0.25) is 0 Å². The molecule has 1 aliphatic heterocycles. The second-order valence-electron chi connectivity index (χ2n) is 7.96. The molecule has 1 saturated heterocycles. The lowest BCUT2D eigenvalue weighted by Gasteiger charge is -2.34. The van der Waals surface area contributed by atoms with Crippen LogP contribution in [0.1, 0.15) is 37.6 Å². The van der Waals surface area contributed by atoms with Crippen molar-refractivity contribution < 1.29 is 26.7 Å². The highest BCUT2D eigenvalue weighted by Gasteiger charge is 2.30. The first-order valence-corrected chi connectivity index (χ1v) is 12.6. The Morgan fingerprint density at radius 2 is 2.00 bits per heavy atom. The Morgan fingerprint density at radius 1 is 1.27 bits per heavy atom. The molecule has 0 saturated carbocycles. The first kappa shape index (κ1) is 25.3. The number of nitrogens with zero attached hydrogens (tertiary/aromatic N) is 3. The van der Waals surface area contributed by atoms with Crippen molar-refractivity contribution in [3.8, 4) is 11.4 Å². The van der Waals surface area contributed by atoms with Gasteiger partial charge >= 0.3 is 6.61 Å². The molecule has 2 atom stereocenters. The van der Waals surface area contributed by atoms with Gasteiger partial charge < -0.3 is 20.1 Å². The summed E-state index contributed by atoms with van der Waals surface area (Å²) >= 11 is 0. The Labute approximate surface area is 193 Å². The van der Waals surface area contributed by atoms with E-state index in [-0.39, 0.29) is 31.2 Å². The van der Waals surface area contributed by atoms with Crippen molar-refractivity contribution in [2.45, 2.75) is 44.6 Å². The molecular weight excluding hydrogens is 454 g/mol. The molecule has 1 unspecified atom stereocenters.